The molecule has 1 unspecified atom stereocenters. The van der Waals surface area contributed by atoms with Gasteiger partial charge in [0.15, 0.2) is 0 Å². The SMILES string of the molecule is CCCC(N)CC(=O)Nc1ccc(Br)cc1C#N. The highest BCUT2D eigenvalue weighted by Crippen LogP contribution is 2.20. The normalized spacial score (nSPS) is 11.7. The van der Waals surface area contributed by atoms with Crippen LogP contribution in [-0.2, 0) is 4.79 Å². The fourth-order valence-electron chi connectivity index (χ4n) is 1.63. The van der Waals surface area contributed by atoms with Crippen molar-refractivity contribution in [3.63, 3.8) is 0 Å². The van der Waals surface area contributed by atoms with Crippen LogP contribution in [-0.4, -0.2) is 11.9 Å². The van der Waals surface area contributed by atoms with Crippen molar-refractivity contribution in [1.29, 1.82) is 5.26 Å². The molecule has 4 nitrogen and oxygen atoms in total. The van der Waals surface area contributed by atoms with Crippen LogP contribution in [0.25, 0.3) is 0 Å². The van der Waals surface area contributed by atoms with E-state index in [9.17, 15) is 4.79 Å². The second-order valence-corrected chi connectivity index (χ2v) is 5.02. The van der Waals surface area contributed by atoms with Gasteiger partial charge in [0.1, 0.15) is 6.07 Å². The molecule has 0 saturated heterocycles. The molecule has 0 aliphatic rings. The molecule has 0 saturated carbocycles. The van der Waals surface area contributed by atoms with Gasteiger partial charge < -0.3 is 11.1 Å². The van der Waals surface area contributed by atoms with Gasteiger partial charge >= 0.3 is 0 Å². The summed E-state index contributed by atoms with van der Waals surface area (Å²) in [4.78, 5) is 11.7. The predicted molar refractivity (Wildman–Crippen MR) is 75.0 cm³/mol. The van der Waals surface area contributed by atoms with Crippen LogP contribution in [0.2, 0.25) is 0 Å². The van der Waals surface area contributed by atoms with Crippen molar-refractivity contribution in [1.82, 2.24) is 0 Å². The maximum Gasteiger partial charge on any atom is 0.225 e. The standard InChI is InChI=1S/C13H16BrN3O/c1-2-3-11(16)7-13(18)17-12-5-4-10(14)6-9(12)8-15/h4-6,11H,2-3,7,16H2,1H3,(H,17,18). The van der Waals surface area contributed by atoms with Crippen molar-refractivity contribution < 1.29 is 4.79 Å². The van der Waals surface area contributed by atoms with E-state index in [1.807, 2.05) is 13.0 Å². The van der Waals surface area contributed by atoms with E-state index in [4.69, 9.17) is 11.0 Å². The Hall–Kier alpha value is -1.38. The number of carbonyl (C=O) groups excluding carboxylic acids is 1. The molecule has 1 aromatic carbocycles. The van der Waals surface area contributed by atoms with Crippen molar-refractivity contribution in [2.75, 3.05) is 5.32 Å². The molecule has 18 heavy (non-hydrogen) atoms. The second-order valence-electron chi connectivity index (χ2n) is 4.10. The summed E-state index contributed by atoms with van der Waals surface area (Å²) in [5, 5.41) is 11.7. The lowest BCUT2D eigenvalue weighted by Crippen LogP contribution is -2.27. The van der Waals surface area contributed by atoms with E-state index in [1.165, 1.54) is 0 Å². The third kappa shape index (κ3) is 4.47. The summed E-state index contributed by atoms with van der Waals surface area (Å²) >= 11 is 3.28. The van der Waals surface area contributed by atoms with Crippen molar-refractivity contribution in [2.24, 2.45) is 5.73 Å². The van der Waals surface area contributed by atoms with Crippen LogP contribution in [0.4, 0.5) is 5.69 Å². The maximum atomic E-state index is 11.7. The quantitative estimate of drug-likeness (QED) is 0.877. The fourth-order valence-corrected chi connectivity index (χ4v) is 1.99. The minimum absolute atomic E-state index is 0.129. The van der Waals surface area contributed by atoms with Crippen molar-refractivity contribution in [3.05, 3.63) is 28.2 Å². The molecule has 1 amide bonds. The van der Waals surface area contributed by atoms with Gasteiger partial charge in [0.05, 0.1) is 11.3 Å². The average molecular weight is 310 g/mol. The lowest BCUT2D eigenvalue weighted by molar-refractivity contribution is -0.116. The van der Waals surface area contributed by atoms with E-state index in [0.29, 0.717) is 11.3 Å². The molecule has 0 heterocycles. The first-order valence-corrected chi connectivity index (χ1v) is 6.61. The molecule has 0 bridgehead atoms. The van der Waals surface area contributed by atoms with Crippen molar-refractivity contribution in [2.45, 2.75) is 32.2 Å². The number of benzene rings is 1. The lowest BCUT2D eigenvalue weighted by atomic mass is 10.1. The topological polar surface area (TPSA) is 78.9 Å². The van der Waals surface area contributed by atoms with E-state index >= 15 is 0 Å². The first-order chi connectivity index (χ1) is 8.56. The Kier molecular flexibility index (Phi) is 5.83. The zero-order valence-electron chi connectivity index (χ0n) is 10.2. The molecule has 0 aliphatic heterocycles. The molecule has 0 spiro atoms. The number of rotatable bonds is 5. The van der Waals surface area contributed by atoms with Crippen LogP contribution in [0.15, 0.2) is 22.7 Å². The molecule has 5 heteroatoms. The van der Waals surface area contributed by atoms with Crippen LogP contribution >= 0.6 is 15.9 Å². The Morgan fingerprint density at radius 3 is 2.94 bits per heavy atom. The number of anilines is 1. The van der Waals surface area contributed by atoms with E-state index in [0.717, 1.165) is 17.3 Å². The summed E-state index contributed by atoms with van der Waals surface area (Å²) in [7, 11) is 0. The minimum atomic E-state index is -0.158. The highest BCUT2D eigenvalue weighted by atomic mass is 79.9. The number of nitrogens with zero attached hydrogens (tertiary/aromatic N) is 1. The van der Waals surface area contributed by atoms with E-state index in [-0.39, 0.29) is 18.4 Å². The number of hydrogen-bond acceptors (Lipinski definition) is 3. The average Bonchev–Trinajstić information content (AvgIpc) is 2.31. The molecule has 0 aliphatic carbocycles. The smallest absolute Gasteiger partial charge is 0.225 e. The van der Waals surface area contributed by atoms with Crippen LogP contribution in [0.1, 0.15) is 31.7 Å². The van der Waals surface area contributed by atoms with Crippen LogP contribution < -0.4 is 11.1 Å². The molecule has 3 N–H and O–H groups in total. The third-order valence-electron chi connectivity index (χ3n) is 2.48. The van der Waals surface area contributed by atoms with E-state index in [2.05, 4.69) is 21.2 Å². The molecule has 0 radical (unpaired) electrons. The minimum Gasteiger partial charge on any atom is -0.327 e. The van der Waals surface area contributed by atoms with Gasteiger partial charge in [-0.15, -0.1) is 0 Å². The summed E-state index contributed by atoms with van der Waals surface area (Å²) in [6, 6.07) is 7.06. The largest absolute Gasteiger partial charge is 0.327 e. The van der Waals surface area contributed by atoms with Crippen molar-refractivity contribution in [3.8, 4) is 6.07 Å². The monoisotopic (exact) mass is 309 g/mol. The van der Waals surface area contributed by atoms with Gasteiger partial charge in [0.2, 0.25) is 5.91 Å². The molecule has 1 atom stereocenters. The van der Waals surface area contributed by atoms with E-state index in [1.54, 1.807) is 18.2 Å². The van der Waals surface area contributed by atoms with Crippen LogP contribution in [0.3, 0.4) is 0 Å². The molecule has 0 fully saturated rings. The zero-order valence-corrected chi connectivity index (χ0v) is 11.8. The molecule has 0 aromatic heterocycles. The Morgan fingerprint density at radius 2 is 2.33 bits per heavy atom. The van der Waals surface area contributed by atoms with E-state index < -0.39 is 0 Å². The number of nitrogens with one attached hydrogen (secondary N) is 1. The van der Waals surface area contributed by atoms with Crippen molar-refractivity contribution >= 4 is 27.5 Å². The predicted octanol–water partition coefficient (Wildman–Crippen LogP) is 2.78. The fraction of sp³-hybridized carbons (Fsp3) is 0.385. The molecule has 96 valence electrons. The highest BCUT2D eigenvalue weighted by molar-refractivity contribution is 9.10. The third-order valence-corrected chi connectivity index (χ3v) is 2.98. The summed E-state index contributed by atoms with van der Waals surface area (Å²) in [5.74, 6) is -0.158. The molecule has 1 aromatic rings. The summed E-state index contributed by atoms with van der Waals surface area (Å²) < 4.78 is 0.805. The Bertz CT molecular complexity index is 468. The molecular weight excluding hydrogens is 294 g/mol. The van der Waals surface area contributed by atoms with Crippen LogP contribution in [0, 0.1) is 11.3 Å². The van der Waals surface area contributed by atoms with Gasteiger partial charge in [-0.1, -0.05) is 29.3 Å². The summed E-state index contributed by atoms with van der Waals surface area (Å²) in [6.07, 6.45) is 2.05. The zero-order chi connectivity index (χ0) is 13.5. The number of hydrogen-bond donors (Lipinski definition) is 2. The molecular formula is C13H16BrN3O. The Labute approximate surface area is 115 Å². The first kappa shape index (κ1) is 14.7. The number of nitriles is 1. The Balaban J connectivity index is 2.68. The van der Waals surface area contributed by atoms with Gasteiger partial charge in [0, 0.05) is 16.9 Å². The Morgan fingerprint density at radius 1 is 1.61 bits per heavy atom. The number of halogens is 1. The second kappa shape index (κ2) is 7.14. The number of nitrogens with two attached hydrogens (primary N) is 1. The molecule has 1 rings (SSSR count). The van der Waals surface area contributed by atoms with Gasteiger partial charge in [-0.05, 0) is 24.6 Å². The van der Waals surface area contributed by atoms with Gasteiger partial charge in [-0.25, -0.2) is 0 Å². The first-order valence-electron chi connectivity index (χ1n) is 5.82. The van der Waals surface area contributed by atoms with Gasteiger partial charge in [-0.2, -0.15) is 5.26 Å². The maximum absolute atomic E-state index is 11.7. The highest BCUT2D eigenvalue weighted by Gasteiger charge is 2.11. The number of carbonyl (C=O) groups is 1. The summed E-state index contributed by atoms with van der Waals surface area (Å²) in [5.41, 5.74) is 6.75. The number of amides is 1. The summed E-state index contributed by atoms with van der Waals surface area (Å²) in [6.45, 7) is 2.03. The van der Waals surface area contributed by atoms with Gasteiger partial charge in [0.25, 0.3) is 0 Å². The lowest BCUT2D eigenvalue weighted by Gasteiger charge is -2.11. The van der Waals surface area contributed by atoms with Gasteiger partial charge in [-0.3, -0.25) is 4.79 Å². The van der Waals surface area contributed by atoms with Crippen LogP contribution in [0.5, 0.6) is 0 Å².